The van der Waals surface area contributed by atoms with Crippen molar-refractivity contribution in [1.82, 2.24) is 14.4 Å². The van der Waals surface area contributed by atoms with Crippen molar-refractivity contribution >= 4 is 22.9 Å². The van der Waals surface area contributed by atoms with Gasteiger partial charge in [-0.15, -0.1) is 0 Å². The highest BCUT2D eigenvalue weighted by molar-refractivity contribution is 6.32. The summed E-state index contributed by atoms with van der Waals surface area (Å²) in [7, 11) is 0. The van der Waals surface area contributed by atoms with Gasteiger partial charge in [-0.05, 0) is 20.3 Å². The van der Waals surface area contributed by atoms with E-state index in [9.17, 15) is 4.79 Å². The molecule has 2 aromatic heterocycles. The van der Waals surface area contributed by atoms with E-state index in [-0.39, 0.29) is 11.7 Å². The second-order valence-corrected chi connectivity index (χ2v) is 4.86. The van der Waals surface area contributed by atoms with Crippen molar-refractivity contribution in [2.45, 2.75) is 39.5 Å². The average molecular weight is 266 g/mol. The molecule has 0 N–H and O–H groups in total. The second-order valence-electron chi connectivity index (χ2n) is 4.50. The van der Waals surface area contributed by atoms with Gasteiger partial charge in [0.25, 0.3) is 0 Å². The zero-order valence-corrected chi connectivity index (χ0v) is 11.5. The average Bonchev–Trinajstić information content (AvgIpc) is 2.65. The summed E-state index contributed by atoms with van der Waals surface area (Å²) in [6, 6.07) is 0. The van der Waals surface area contributed by atoms with Crippen LogP contribution in [0.5, 0.6) is 0 Å². The smallest absolute Gasteiger partial charge is 0.154 e. The Morgan fingerprint density at radius 3 is 2.89 bits per heavy atom. The molecule has 0 aromatic carbocycles. The minimum absolute atomic E-state index is 0.127. The molecule has 1 atom stereocenters. The van der Waals surface area contributed by atoms with Gasteiger partial charge in [0, 0.05) is 24.7 Å². The Morgan fingerprint density at radius 1 is 1.56 bits per heavy atom. The van der Waals surface area contributed by atoms with Crippen molar-refractivity contribution in [2.75, 3.05) is 0 Å². The monoisotopic (exact) mass is 265 g/mol. The summed E-state index contributed by atoms with van der Waals surface area (Å²) in [4.78, 5) is 19.9. The summed E-state index contributed by atoms with van der Waals surface area (Å²) in [5.41, 5.74) is 1.68. The maximum absolute atomic E-state index is 11.3. The largest absolute Gasteiger partial charge is 0.300 e. The van der Waals surface area contributed by atoms with Crippen LogP contribution in [0.15, 0.2) is 12.4 Å². The Bertz CT molecular complexity index is 591. The van der Waals surface area contributed by atoms with Crippen molar-refractivity contribution in [3.05, 3.63) is 29.1 Å². The number of carbonyl (C=O) groups excluding carboxylic acids is 1. The molecular formula is C13H16ClN3O. The van der Waals surface area contributed by atoms with Gasteiger partial charge >= 0.3 is 0 Å². The van der Waals surface area contributed by atoms with Gasteiger partial charge in [-0.25, -0.2) is 9.97 Å². The number of carbonyl (C=O) groups is 1. The lowest BCUT2D eigenvalue weighted by molar-refractivity contribution is -0.117. The van der Waals surface area contributed by atoms with E-state index < -0.39 is 0 Å². The topological polar surface area (TPSA) is 47.3 Å². The first kappa shape index (κ1) is 13.0. The lowest BCUT2D eigenvalue weighted by atomic mass is 9.99. The Balaban J connectivity index is 2.57. The molecular weight excluding hydrogens is 250 g/mol. The van der Waals surface area contributed by atoms with Gasteiger partial charge in [0.1, 0.15) is 17.1 Å². The van der Waals surface area contributed by atoms with Gasteiger partial charge in [0.2, 0.25) is 0 Å². The molecule has 1 unspecified atom stereocenters. The van der Waals surface area contributed by atoms with Gasteiger partial charge < -0.3 is 4.79 Å². The first-order valence-electron chi connectivity index (χ1n) is 6.03. The fourth-order valence-electron chi connectivity index (χ4n) is 2.25. The SMILES string of the molecule is CCC(CC(C)=O)c1nc(C)c2c(Cl)nccn12. The lowest BCUT2D eigenvalue weighted by Crippen LogP contribution is -2.07. The Labute approximate surface area is 111 Å². The minimum atomic E-state index is 0.127. The maximum Gasteiger partial charge on any atom is 0.154 e. The van der Waals surface area contributed by atoms with Crippen LogP contribution < -0.4 is 0 Å². The standard InChI is InChI=1S/C13H16ClN3O/c1-4-10(7-8(2)18)13-16-9(3)11-12(14)15-5-6-17(11)13/h5-6,10H,4,7H2,1-3H3. The molecule has 2 heterocycles. The predicted molar refractivity (Wildman–Crippen MR) is 71.1 cm³/mol. The third-order valence-corrected chi connectivity index (χ3v) is 3.38. The fourth-order valence-corrected chi connectivity index (χ4v) is 2.53. The molecule has 18 heavy (non-hydrogen) atoms. The number of Topliss-reactive ketones (excluding diaryl/α,β-unsaturated/α-hetero) is 1. The molecule has 0 bridgehead atoms. The summed E-state index contributed by atoms with van der Waals surface area (Å²) >= 11 is 6.09. The highest BCUT2D eigenvalue weighted by Crippen LogP contribution is 2.27. The molecule has 0 saturated carbocycles. The third kappa shape index (κ3) is 2.25. The van der Waals surface area contributed by atoms with E-state index in [1.165, 1.54) is 0 Å². The molecule has 0 aliphatic heterocycles. The van der Waals surface area contributed by atoms with Crippen molar-refractivity contribution in [2.24, 2.45) is 0 Å². The number of imidazole rings is 1. The molecule has 0 amide bonds. The molecule has 0 saturated heterocycles. The predicted octanol–water partition coefficient (Wildman–Crippen LogP) is 3.16. The number of aromatic nitrogens is 3. The first-order valence-corrected chi connectivity index (χ1v) is 6.40. The van der Waals surface area contributed by atoms with Gasteiger partial charge in [-0.2, -0.15) is 0 Å². The van der Waals surface area contributed by atoms with Crippen molar-refractivity contribution in [3.63, 3.8) is 0 Å². The van der Waals surface area contributed by atoms with Crippen LogP contribution in [0.25, 0.3) is 5.52 Å². The van der Waals surface area contributed by atoms with Crippen LogP contribution in [0.4, 0.5) is 0 Å². The van der Waals surface area contributed by atoms with Crippen LogP contribution >= 0.6 is 11.6 Å². The van der Waals surface area contributed by atoms with Gasteiger partial charge in [-0.1, -0.05) is 18.5 Å². The highest BCUT2D eigenvalue weighted by Gasteiger charge is 2.20. The van der Waals surface area contributed by atoms with E-state index in [1.807, 2.05) is 17.5 Å². The molecule has 0 radical (unpaired) electrons. The number of ketones is 1. The molecule has 96 valence electrons. The first-order chi connectivity index (χ1) is 8.54. The minimum Gasteiger partial charge on any atom is -0.300 e. The molecule has 0 spiro atoms. The second kappa shape index (κ2) is 5.06. The number of hydrogen-bond donors (Lipinski definition) is 0. The number of nitrogens with zero attached hydrogens (tertiary/aromatic N) is 3. The molecule has 0 aliphatic rings. The van der Waals surface area contributed by atoms with Crippen LogP contribution in [-0.2, 0) is 4.79 Å². The summed E-state index contributed by atoms with van der Waals surface area (Å²) < 4.78 is 1.95. The van der Waals surface area contributed by atoms with E-state index in [0.717, 1.165) is 23.5 Å². The number of aryl methyl sites for hydroxylation is 1. The summed E-state index contributed by atoms with van der Waals surface area (Å²) in [6.45, 7) is 5.58. The van der Waals surface area contributed by atoms with Crippen molar-refractivity contribution in [3.8, 4) is 0 Å². The highest BCUT2D eigenvalue weighted by atomic mass is 35.5. The number of rotatable bonds is 4. The molecule has 0 fully saturated rings. The van der Waals surface area contributed by atoms with E-state index in [0.29, 0.717) is 11.6 Å². The quantitative estimate of drug-likeness (QED) is 0.853. The summed E-state index contributed by atoms with van der Waals surface area (Å²) in [5, 5.41) is 0.450. The van der Waals surface area contributed by atoms with Crippen LogP contribution in [0.1, 0.15) is 44.1 Å². The summed E-state index contributed by atoms with van der Waals surface area (Å²) in [6.07, 6.45) is 4.88. The normalized spacial score (nSPS) is 12.9. The van der Waals surface area contributed by atoms with Gasteiger partial charge in [0.15, 0.2) is 5.15 Å². The Hall–Kier alpha value is -1.42. The molecule has 2 aromatic rings. The van der Waals surface area contributed by atoms with E-state index in [4.69, 9.17) is 11.6 Å². The zero-order chi connectivity index (χ0) is 13.3. The van der Waals surface area contributed by atoms with E-state index in [2.05, 4.69) is 16.9 Å². The van der Waals surface area contributed by atoms with Crippen LogP contribution in [0, 0.1) is 6.92 Å². The number of halogens is 1. The molecule has 2 rings (SSSR count). The zero-order valence-electron chi connectivity index (χ0n) is 10.8. The van der Waals surface area contributed by atoms with E-state index >= 15 is 0 Å². The van der Waals surface area contributed by atoms with Crippen LogP contribution in [-0.4, -0.2) is 20.2 Å². The van der Waals surface area contributed by atoms with Gasteiger partial charge in [0.05, 0.1) is 5.69 Å². The van der Waals surface area contributed by atoms with Crippen LogP contribution in [0.2, 0.25) is 5.15 Å². The number of hydrogen-bond acceptors (Lipinski definition) is 3. The van der Waals surface area contributed by atoms with E-state index in [1.54, 1.807) is 13.1 Å². The lowest BCUT2D eigenvalue weighted by Gasteiger charge is -2.11. The Kier molecular flexibility index (Phi) is 3.66. The molecule has 4 nitrogen and oxygen atoms in total. The number of fused-ring (bicyclic) bond motifs is 1. The van der Waals surface area contributed by atoms with Crippen molar-refractivity contribution in [1.29, 1.82) is 0 Å². The fraction of sp³-hybridized carbons (Fsp3) is 0.462. The summed E-state index contributed by atoms with van der Waals surface area (Å²) in [5.74, 6) is 1.20. The van der Waals surface area contributed by atoms with Gasteiger partial charge in [-0.3, -0.25) is 4.40 Å². The molecule has 5 heteroatoms. The third-order valence-electron chi connectivity index (χ3n) is 3.10. The molecule has 0 aliphatic carbocycles. The Morgan fingerprint density at radius 2 is 2.28 bits per heavy atom. The van der Waals surface area contributed by atoms with Crippen LogP contribution in [0.3, 0.4) is 0 Å². The maximum atomic E-state index is 11.3. The van der Waals surface area contributed by atoms with Crippen molar-refractivity contribution < 1.29 is 4.79 Å².